The molecule has 5 rings (SSSR count). The van der Waals surface area contributed by atoms with E-state index in [1.165, 1.54) is 6.08 Å². The molecule has 9 heteroatoms. The molecule has 5 unspecified atom stereocenters. The van der Waals surface area contributed by atoms with Gasteiger partial charge in [-0.25, -0.2) is 4.79 Å². The molecule has 48 heavy (non-hydrogen) atoms. The largest absolute Gasteiger partial charge is 0.459 e. The number of alkyl carbamates (subject to hydrolysis) is 1. The van der Waals surface area contributed by atoms with E-state index in [1.807, 2.05) is 93.6 Å². The molecular weight excluding hydrogens is 608 g/mol. The van der Waals surface area contributed by atoms with Crippen LogP contribution in [0.2, 0.25) is 0 Å². The number of ether oxygens (including phenoxy) is 4. The summed E-state index contributed by atoms with van der Waals surface area (Å²) in [5, 5.41) is 12.4. The Bertz CT molecular complexity index is 1530. The molecule has 256 valence electrons. The second-order valence-electron chi connectivity index (χ2n) is 13.6. The van der Waals surface area contributed by atoms with E-state index in [4.69, 9.17) is 18.9 Å². The third-order valence-corrected chi connectivity index (χ3v) is 8.79. The number of likely N-dealkylation sites (tertiary alicyclic amines) is 1. The molecule has 1 amide bonds. The van der Waals surface area contributed by atoms with Gasteiger partial charge in [-0.1, -0.05) is 86.3 Å². The zero-order valence-corrected chi connectivity index (χ0v) is 28.4. The van der Waals surface area contributed by atoms with Crippen molar-refractivity contribution in [2.24, 2.45) is 5.92 Å². The van der Waals surface area contributed by atoms with Crippen molar-refractivity contribution in [2.45, 2.75) is 83.8 Å². The highest BCUT2D eigenvalue weighted by Gasteiger charge is 2.42. The smallest absolute Gasteiger partial charge is 0.407 e. The monoisotopic (exact) mass is 656 g/mol. The molecule has 9 nitrogen and oxygen atoms in total. The van der Waals surface area contributed by atoms with Crippen molar-refractivity contribution in [3.8, 4) is 11.1 Å². The Labute approximate surface area is 283 Å². The zero-order valence-electron chi connectivity index (χ0n) is 28.4. The molecule has 2 N–H and O–H groups in total. The molecule has 0 aliphatic carbocycles. The van der Waals surface area contributed by atoms with E-state index in [-0.39, 0.29) is 43.4 Å². The van der Waals surface area contributed by atoms with Crippen molar-refractivity contribution < 1.29 is 33.6 Å². The summed E-state index contributed by atoms with van der Waals surface area (Å²) in [4.78, 5) is 27.2. The average Bonchev–Trinajstić information content (AvgIpc) is 3.55. The Morgan fingerprint density at radius 1 is 1.00 bits per heavy atom. The maximum atomic E-state index is 13.1. The fraction of sp³-hybridized carbons (Fsp3) is 0.436. The first-order chi connectivity index (χ1) is 23.0. The van der Waals surface area contributed by atoms with Crippen molar-refractivity contribution in [1.29, 1.82) is 0 Å². The van der Waals surface area contributed by atoms with E-state index in [1.54, 1.807) is 0 Å². The van der Waals surface area contributed by atoms with E-state index < -0.39 is 18.0 Å². The SMILES string of the molecule is C=CCOC(=O)NCc1cccc(-c2ccc(C3OC(CN4CCCC4C(=O)OC(C)(C)C)C(C)C(c4ccc(CO)cc4)O3)cc2)c1. The third-order valence-electron chi connectivity index (χ3n) is 8.79. The zero-order chi connectivity index (χ0) is 34.3. The molecule has 5 atom stereocenters. The van der Waals surface area contributed by atoms with Gasteiger partial charge in [-0.15, -0.1) is 0 Å². The molecule has 3 aromatic carbocycles. The summed E-state index contributed by atoms with van der Waals surface area (Å²) in [6.07, 6.45) is 1.64. The van der Waals surface area contributed by atoms with Crippen LogP contribution in [0, 0.1) is 5.92 Å². The van der Waals surface area contributed by atoms with Crippen LogP contribution in [0.1, 0.15) is 75.2 Å². The number of aliphatic hydroxyl groups is 1. The number of amides is 1. The van der Waals surface area contributed by atoms with E-state index in [0.717, 1.165) is 52.8 Å². The van der Waals surface area contributed by atoms with Crippen molar-refractivity contribution >= 4 is 12.1 Å². The fourth-order valence-corrected chi connectivity index (χ4v) is 6.29. The number of esters is 1. The van der Waals surface area contributed by atoms with Gasteiger partial charge in [0.05, 0.1) is 18.8 Å². The molecule has 0 bridgehead atoms. The maximum absolute atomic E-state index is 13.1. The summed E-state index contributed by atoms with van der Waals surface area (Å²) in [5.74, 6) is -0.193. The number of rotatable bonds is 11. The molecule has 0 radical (unpaired) electrons. The number of nitrogens with one attached hydrogen (secondary N) is 1. The molecular formula is C39H48N2O7. The first-order valence-corrected chi connectivity index (χ1v) is 16.7. The van der Waals surface area contributed by atoms with E-state index in [0.29, 0.717) is 13.1 Å². The van der Waals surface area contributed by atoms with Crippen LogP contribution in [0.25, 0.3) is 11.1 Å². The summed E-state index contributed by atoms with van der Waals surface area (Å²) in [6.45, 7) is 13.2. The van der Waals surface area contributed by atoms with Gasteiger partial charge in [-0.2, -0.15) is 0 Å². The van der Waals surface area contributed by atoms with E-state index >= 15 is 0 Å². The first kappa shape index (κ1) is 35.3. The average molecular weight is 657 g/mol. The van der Waals surface area contributed by atoms with Crippen molar-refractivity contribution in [2.75, 3.05) is 19.7 Å². The molecule has 3 aromatic rings. The summed E-state index contributed by atoms with van der Waals surface area (Å²) < 4.78 is 24.2. The quantitative estimate of drug-likeness (QED) is 0.170. The van der Waals surface area contributed by atoms with Gasteiger partial charge in [0.25, 0.3) is 0 Å². The normalized spacial score (nSPS) is 23.0. The van der Waals surface area contributed by atoms with Crippen LogP contribution in [0.15, 0.2) is 85.5 Å². The highest BCUT2D eigenvalue weighted by Crippen LogP contribution is 2.42. The predicted octanol–water partition coefficient (Wildman–Crippen LogP) is 6.86. The number of benzene rings is 3. The van der Waals surface area contributed by atoms with Crippen LogP contribution in [0.5, 0.6) is 0 Å². The minimum Gasteiger partial charge on any atom is -0.459 e. The predicted molar refractivity (Wildman–Crippen MR) is 184 cm³/mol. The highest BCUT2D eigenvalue weighted by atomic mass is 16.7. The van der Waals surface area contributed by atoms with E-state index in [9.17, 15) is 14.7 Å². The van der Waals surface area contributed by atoms with E-state index in [2.05, 4.69) is 23.7 Å². The molecule has 0 aromatic heterocycles. The van der Waals surface area contributed by atoms with Crippen LogP contribution in [-0.4, -0.2) is 59.5 Å². The number of carbonyl (C=O) groups excluding carboxylic acids is 2. The van der Waals surface area contributed by atoms with Crippen LogP contribution >= 0.6 is 0 Å². The van der Waals surface area contributed by atoms with Gasteiger partial charge in [-0.3, -0.25) is 9.69 Å². The van der Waals surface area contributed by atoms with Crippen LogP contribution < -0.4 is 5.32 Å². The molecule has 0 saturated carbocycles. The fourth-order valence-electron chi connectivity index (χ4n) is 6.29. The Balaban J connectivity index is 1.34. The van der Waals surface area contributed by atoms with Crippen molar-refractivity contribution in [3.63, 3.8) is 0 Å². The maximum Gasteiger partial charge on any atom is 0.407 e. The second kappa shape index (κ2) is 15.9. The highest BCUT2D eigenvalue weighted by molar-refractivity contribution is 5.76. The van der Waals surface area contributed by atoms with Crippen molar-refractivity contribution in [1.82, 2.24) is 10.2 Å². The van der Waals surface area contributed by atoms with Gasteiger partial charge in [0.15, 0.2) is 6.29 Å². The van der Waals surface area contributed by atoms with Crippen LogP contribution in [0.4, 0.5) is 4.79 Å². The summed E-state index contributed by atoms with van der Waals surface area (Å²) in [7, 11) is 0. The number of nitrogens with zero attached hydrogens (tertiary/aromatic N) is 1. The first-order valence-electron chi connectivity index (χ1n) is 16.7. The Morgan fingerprint density at radius 2 is 1.73 bits per heavy atom. The Hall–Kier alpha value is -4.02. The molecule has 0 spiro atoms. The lowest BCUT2D eigenvalue weighted by Crippen LogP contribution is -2.48. The lowest BCUT2D eigenvalue weighted by atomic mass is 9.89. The van der Waals surface area contributed by atoms with Gasteiger partial charge in [0.1, 0.15) is 18.2 Å². The Morgan fingerprint density at radius 3 is 2.42 bits per heavy atom. The second-order valence-corrected chi connectivity index (χ2v) is 13.6. The topological polar surface area (TPSA) is 107 Å². The van der Waals surface area contributed by atoms with Crippen LogP contribution in [0.3, 0.4) is 0 Å². The van der Waals surface area contributed by atoms with Gasteiger partial charge in [0, 0.05) is 24.6 Å². The number of hydrogen-bond acceptors (Lipinski definition) is 8. The lowest BCUT2D eigenvalue weighted by molar-refractivity contribution is -0.276. The minimum atomic E-state index is -0.623. The number of aliphatic hydroxyl groups excluding tert-OH is 1. The van der Waals surface area contributed by atoms with Crippen molar-refractivity contribution in [3.05, 3.63) is 108 Å². The van der Waals surface area contributed by atoms with Gasteiger partial charge < -0.3 is 29.4 Å². The summed E-state index contributed by atoms with van der Waals surface area (Å²) in [6, 6.07) is 23.7. The Kier molecular flexibility index (Phi) is 11.7. The molecule has 2 fully saturated rings. The van der Waals surface area contributed by atoms with Crippen LogP contribution in [-0.2, 0) is 36.9 Å². The van der Waals surface area contributed by atoms with Gasteiger partial charge >= 0.3 is 12.1 Å². The molecule has 2 aliphatic heterocycles. The summed E-state index contributed by atoms with van der Waals surface area (Å²) in [5.41, 5.74) is 5.18. The molecule has 2 saturated heterocycles. The van der Waals surface area contributed by atoms with Gasteiger partial charge in [-0.05, 0) is 74.0 Å². The standard InChI is InChI=1S/C39H48N2O7/c1-6-21-45-38(44)40-23-28-9-7-10-32(22-28)29-16-18-31(19-17-29)37-46-34(24-41-20-8-11-33(41)36(43)48-39(3,4)5)26(2)35(47-37)30-14-12-27(25-42)13-15-30/h6-7,9-10,12-19,22,26,33-35,37,42H,1,8,11,20-21,23-25H2,2-5H3,(H,40,44). The molecule has 2 aliphatic rings. The minimum absolute atomic E-state index is 0.00853. The lowest BCUT2D eigenvalue weighted by Gasteiger charge is -2.43. The summed E-state index contributed by atoms with van der Waals surface area (Å²) >= 11 is 0. The third kappa shape index (κ3) is 9.11. The molecule has 2 heterocycles. The number of hydrogen-bond donors (Lipinski definition) is 2. The van der Waals surface area contributed by atoms with Gasteiger partial charge in [0.2, 0.25) is 0 Å². The number of carbonyl (C=O) groups is 2.